The Morgan fingerprint density at radius 1 is 0.205 bits per heavy atom. The molecular weight excluding hydrogens is 492 g/mol. The molecule has 0 aliphatic rings. The Hall–Kier alpha value is -0.240. The minimum Gasteiger partial charge on any atom is -0.379 e. The van der Waals surface area contributed by atoms with Crippen molar-refractivity contribution in [2.24, 2.45) is 0 Å². The predicted octanol–water partition coefficient (Wildman–Crippen LogP) is 8.54. The summed E-state index contributed by atoms with van der Waals surface area (Å²) in [6, 6.07) is 0. The van der Waals surface area contributed by atoms with Crippen molar-refractivity contribution in [3.63, 3.8) is 0 Å². The lowest BCUT2D eigenvalue weighted by molar-refractivity contribution is -0.0169. The topological polar surface area (TPSA) is 55.4 Å². The lowest BCUT2D eigenvalue weighted by Crippen LogP contribution is -2.14. The van der Waals surface area contributed by atoms with Crippen molar-refractivity contribution in [2.75, 3.05) is 79.3 Å². The molecule has 0 atom stereocenters. The molecule has 0 amide bonds. The summed E-state index contributed by atoms with van der Waals surface area (Å²) in [5.74, 6) is 0. The summed E-state index contributed by atoms with van der Waals surface area (Å²) in [5, 5.41) is 0. The van der Waals surface area contributed by atoms with Crippen LogP contribution in [-0.4, -0.2) is 79.3 Å². The van der Waals surface area contributed by atoms with Gasteiger partial charge in [-0.05, 0) is 12.8 Å². The highest BCUT2D eigenvalue weighted by Gasteiger charge is 1.96. The van der Waals surface area contributed by atoms with Gasteiger partial charge < -0.3 is 28.4 Å². The molecule has 0 aliphatic carbocycles. The van der Waals surface area contributed by atoms with Crippen molar-refractivity contribution in [3.05, 3.63) is 0 Å². The molecule has 0 rings (SSSR count). The van der Waals surface area contributed by atoms with Crippen molar-refractivity contribution in [2.45, 2.75) is 136 Å². The summed E-state index contributed by atoms with van der Waals surface area (Å²) in [5.41, 5.74) is 0. The monoisotopic (exact) mass is 561 g/mol. The van der Waals surface area contributed by atoms with Gasteiger partial charge in [0.15, 0.2) is 0 Å². The highest BCUT2D eigenvalue weighted by atomic mass is 16.6. The van der Waals surface area contributed by atoms with Crippen LogP contribution in [0.3, 0.4) is 0 Å². The van der Waals surface area contributed by atoms with Gasteiger partial charge in [-0.15, -0.1) is 0 Å². The van der Waals surface area contributed by atoms with E-state index in [0.717, 1.165) is 26.1 Å². The van der Waals surface area contributed by atoms with E-state index in [0.29, 0.717) is 66.1 Å². The molecule has 236 valence electrons. The minimum atomic E-state index is 0.584. The number of hydrogen-bond donors (Lipinski definition) is 0. The third-order valence-electron chi connectivity index (χ3n) is 6.89. The van der Waals surface area contributed by atoms with E-state index in [4.69, 9.17) is 28.4 Å². The second kappa shape index (κ2) is 37.8. The zero-order chi connectivity index (χ0) is 28.2. The quantitative estimate of drug-likeness (QED) is 0.0716. The fraction of sp³-hybridized carbons (Fsp3) is 1.00. The average molecular weight is 561 g/mol. The summed E-state index contributed by atoms with van der Waals surface area (Å²) in [4.78, 5) is 0. The van der Waals surface area contributed by atoms with Crippen LogP contribution in [0.15, 0.2) is 0 Å². The molecule has 0 fully saturated rings. The normalized spacial score (nSPS) is 11.5. The molecule has 0 saturated carbocycles. The number of rotatable bonds is 36. The van der Waals surface area contributed by atoms with Crippen LogP contribution in [0.4, 0.5) is 0 Å². The van der Waals surface area contributed by atoms with Crippen LogP contribution in [0.2, 0.25) is 0 Å². The van der Waals surface area contributed by atoms with E-state index in [1.165, 1.54) is 109 Å². The minimum absolute atomic E-state index is 0.584. The van der Waals surface area contributed by atoms with Crippen LogP contribution in [-0.2, 0) is 28.4 Å². The Kier molecular flexibility index (Phi) is 37.5. The van der Waals surface area contributed by atoms with E-state index in [1.54, 1.807) is 0 Å². The Labute approximate surface area is 243 Å². The fourth-order valence-electron chi connectivity index (χ4n) is 4.41. The van der Waals surface area contributed by atoms with Gasteiger partial charge in [-0.3, -0.25) is 0 Å². The second-order valence-corrected chi connectivity index (χ2v) is 10.7. The zero-order valence-electron chi connectivity index (χ0n) is 26.4. The smallest absolute Gasteiger partial charge is 0.0701 e. The average Bonchev–Trinajstić information content (AvgIpc) is 2.95. The third-order valence-corrected chi connectivity index (χ3v) is 6.89. The number of ether oxygens (including phenoxy) is 6. The van der Waals surface area contributed by atoms with Crippen molar-refractivity contribution in [3.8, 4) is 0 Å². The van der Waals surface area contributed by atoms with E-state index in [-0.39, 0.29) is 0 Å². The molecule has 0 aromatic heterocycles. The summed E-state index contributed by atoms with van der Waals surface area (Å²) in [6.07, 6.45) is 25.7. The maximum Gasteiger partial charge on any atom is 0.0701 e. The van der Waals surface area contributed by atoms with Crippen LogP contribution in [0.1, 0.15) is 136 Å². The van der Waals surface area contributed by atoms with Crippen molar-refractivity contribution >= 4 is 0 Å². The summed E-state index contributed by atoms with van der Waals surface area (Å²) in [6.45, 7) is 12.4. The van der Waals surface area contributed by atoms with Crippen molar-refractivity contribution < 1.29 is 28.4 Å². The van der Waals surface area contributed by atoms with E-state index in [9.17, 15) is 0 Å². The van der Waals surface area contributed by atoms with Gasteiger partial charge in [-0.25, -0.2) is 0 Å². The molecule has 0 N–H and O–H groups in total. The zero-order valence-corrected chi connectivity index (χ0v) is 26.4. The van der Waals surface area contributed by atoms with Gasteiger partial charge in [0.1, 0.15) is 0 Å². The van der Waals surface area contributed by atoms with E-state index >= 15 is 0 Å². The molecule has 6 nitrogen and oxygen atoms in total. The molecule has 0 aliphatic heterocycles. The molecule has 0 spiro atoms. The molecule has 0 bridgehead atoms. The molecule has 39 heavy (non-hydrogen) atoms. The Bertz CT molecular complexity index is 374. The summed E-state index contributed by atoms with van der Waals surface area (Å²) >= 11 is 0. The van der Waals surface area contributed by atoms with Gasteiger partial charge in [0.2, 0.25) is 0 Å². The lowest BCUT2D eigenvalue weighted by Gasteiger charge is -2.08. The van der Waals surface area contributed by atoms with Gasteiger partial charge in [-0.1, -0.05) is 123 Å². The molecule has 0 heterocycles. The Morgan fingerprint density at radius 2 is 0.385 bits per heavy atom. The Morgan fingerprint density at radius 3 is 0.615 bits per heavy atom. The fourth-order valence-corrected chi connectivity index (χ4v) is 4.41. The summed E-state index contributed by atoms with van der Waals surface area (Å²) in [7, 11) is 0. The van der Waals surface area contributed by atoms with Crippen molar-refractivity contribution in [1.29, 1.82) is 0 Å². The molecule has 6 heteroatoms. The maximum absolute atomic E-state index is 5.66. The molecule has 0 unspecified atom stereocenters. The molecule has 0 aromatic rings. The highest BCUT2D eigenvalue weighted by molar-refractivity contribution is 4.48. The Balaban J connectivity index is 3.01. The number of unbranched alkanes of at least 4 members (excludes halogenated alkanes) is 17. The van der Waals surface area contributed by atoms with Gasteiger partial charge in [-0.2, -0.15) is 0 Å². The van der Waals surface area contributed by atoms with E-state index < -0.39 is 0 Å². The third kappa shape index (κ3) is 37.8. The summed E-state index contributed by atoms with van der Waals surface area (Å²) < 4.78 is 33.4. The van der Waals surface area contributed by atoms with Crippen LogP contribution in [0, 0.1) is 0 Å². The SMILES string of the molecule is CCCCCCCCCCCCCOCCOCCOCCOCCOCCOCCCCCCCCCC. The predicted molar refractivity (Wildman–Crippen MR) is 164 cm³/mol. The van der Waals surface area contributed by atoms with Crippen LogP contribution < -0.4 is 0 Å². The van der Waals surface area contributed by atoms with E-state index in [1.807, 2.05) is 0 Å². The standard InChI is InChI=1S/C33H68O6/c1-3-5-7-9-11-13-14-15-17-19-21-23-35-25-27-37-29-31-39-33-32-38-30-28-36-26-24-34-22-20-18-16-12-10-8-6-4-2/h3-33H2,1-2H3. The molecular formula is C33H68O6. The van der Waals surface area contributed by atoms with Crippen LogP contribution in [0.5, 0.6) is 0 Å². The molecule has 0 aromatic carbocycles. The van der Waals surface area contributed by atoms with E-state index in [2.05, 4.69) is 13.8 Å². The molecule has 0 saturated heterocycles. The van der Waals surface area contributed by atoms with Gasteiger partial charge in [0, 0.05) is 13.2 Å². The van der Waals surface area contributed by atoms with Gasteiger partial charge in [0.25, 0.3) is 0 Å². The molecule has 0 radical (unpaired) electrons. The lowest BCUT2D eigenvalue weighted by atomic mass is 10.1. The highest BCUT2D eigenvalue weighted by Crippen LogP contribution is 2.11. The first-order valence-corrected chi connectivity index (χ1v) is 16.9. The largest absolute Gasteiger partial charge is 0.379 e. The van der Waals surface area contributed by atoms with Crippen LogP contribution in [0.25, 0.3) is 0 Å². The second-order valence-electron chi connectivity index (χ2n) is 10.7. The van der Waals surface area contributed by atoms with Crippen LogP contribution >= 0.6 is 0 Å². The first-order valence-electron chi connectivity index (χ1n) is 16.9. The first kappa shape index (κ1) is 38.8. The number of hydrogen-bond acceptors (Lipinski definition) is 6. The van der Waals surface area contributed by atoms with Gasteiger partial charge >= 0.3 is 0 Å². The first-order chi connectivity index (χ1) is 19.4. The maximum atomic E-state index is 5.66. The van der Waals surface area contributed by atoms with Gasteiger partial charge in [0.05, 0.1) is 66.1 Å². The van der Waals surface area contributed by atoms with Crippen molar-refractivity contribution in [1.82, 2.24) is 0 Å².